The maximum Gasteiger partial charge on any atom is 0.320 e. The van der Waals surface area contributed by atoms with Crippen molar-refractivity contribution in [2.24, 2.45) is 0 Å². The topological polar surface area (TPSA) is 49.5 Å². The van der Waals surface area contributed by atoms with Gasteiger partial charge in [0.05, 0.1) is 17.6 Å². The van der Waals surface area contributed by atoms with Crippen molar-refractivity contribution in [1.29, 1.82) is 0 Å². The highest BCUT2D eigenvalue weighted by atomic mass is 16.6. The first kappa shape index (κ1) is 7.09. The van der Waals surface area contributed by atoms with Gasteiger partial charge in [-0.2, -0.15) is 0 Å². The van der Waals surface area contributed by atoms with Crippen LogP contribution in [0.2, 0.25) is 0 Å². The number of hydrogen-bond donors (Lipinski definition) is 1. The van der Waals surface area contributed by atoms with Crippen LogP contribution in [0.1, 0.15) is 5.56 Å². The summed E-state index contributed by atoms with van der Waals surface area (Å²) in [6.07, 6.45) is 0.875. The fourth-order valence-electron chi connectivity index (χ4n) is 1.27. The van der Waals surface area contributed by atoms with E-state index in [0.29, 0.717) is 12.4 Å². The van der Waals surface area contributed by atoms with E-state index in [2.05, 4.69) is 0 Å². The number of hydrogen-bond acceptors (Lipinski definition) is 2. The standard InChI is InChI=1S/C8H8NO3/c10-9(11)7-2-1-6-3-4-12-8(6)5-7/h1-2,5H,3-4H2,(H,10,11)/q+1. The zero-order valence-corrected chi connectivity index (χ0v) is 6.36. The van der Waals surface area contributed by atoms with E-state index in [9.17, 15) is 4.91 Å². The number of benzene rings is 1. The molecule has 1 N–H and O–H groups in total. The maximum absolute atomic E-state index is 10.5. The van der Waals surface area contributed by atoms with Crippen LogP contribution >= 0.6 is 0 Å². The van der Waals surface area contributed by atoms with Crippen LogP contribution < -0.4 is 4.74 Å². The molecule has 0 amide bonds. The van der Waals surface area contributed by atoms with E-state index in [4.69, 9.17) is 9.94 Å². The molecule has 0 atom stereocenters. The van der Waals surface area contributed by atoms with E-state index in [1.165, 1.54) is 6.07 Å². The molecule has 1 aromatic carbocycles. The van der Waals surface area contributed by atoms with Gasteiger partial charge in [-0.1, -0.05) is 0 Å². The Balaban J connectivity index is 2.45. The highest BCUT2D eigenvalue weighted by Gasteiger charge is 2.18. The summed E-state index contributed by atoms with van der Waals surface area (Å²) in [4.78, 5) is 10.3. The summed E-state index contributed by atoms with van der Waals surface area (Å²) in [6.45, 7) is 0.656. The third-order valence-corrected chi connectivity index (χ3v) is 1.90. The third kappa shape index (κ3) is 1.01. The first-order valence-electron chi connectivity index (χ1n) is 3.69. The van der Waals surface area contributed by atoms with E-state index >= 15 is 0 Å². The second-order valence-corrected chi connectivity index (χ2v) is 2.66. The van der Waals surface area contributed by atoms with Crippen LogP contribution in [-0.2, 0) is 6.42 Å². The minimum Gasteiger partial charge on any atom is -0.493 e. The Morgan fingerprint density at radius 3 is 3.08 bits per heavy atom. The van der Waals surface area contributed by atoms with Gasteiger partial charge >= 0.3 is 5.69 Å². The SMILES string of the molecule is O=[N+](O)c1ccc2c(c1)OCC2. The lowest BCUT2D eigenvalue weighted by Gasteiger charge is -1.94. The van der Waals surface area contributed by atoms with E-state index in [0.717, 1.165) is 12.0 Å². The van der Waals surface area contributed by atoms with Crippen molar-refractivity contribution in [3.63, 3.8) is 0 Å². The van der Waals surface area contributed by atoms with Crippen LogP contribution in [0.15, 0.2) is 18.2 Å². The Bertz CT molecular complexity index is 335. The van der Waals surface area contributed by atoms with Crippen LogP contribution in [-0.4, -0.2) is 16.7 Å². The van der Waals surface area contributed by atoms with Gasteiger partial charge < -0.3 is 4.74 Å². The molecule has 62 valence electrons. The molecule has 0 fully saturated rings. The van der Waals surface area contributed by atoms with Crippen molar-refractivity contribution < 1.29 is 14.9 Å². The monoisotopic (exact) mass is 166 g/mol. The molecule has 0 saturated heterocycles. The average molecular weight is 166 g/mol. The van der Waals surface area contributed by atoms with Gasteiger partial charge in [0.2, 0.25) is 0 Å². The molecule has 2 rings (SSSR count). The summed E-state index contributed by atoms with van der Waals surface area (Å²) < 4.78 is 5.21. The zero-order chi connectivity index (χ0) is 8.55. The molecule has 4 nitrogen and oxygen atoms in total. The summed E-state index contributed by atoms with van der Waals surface area (Å²) >= 11 is 0. The molecular weight excluding hydrogens is 158 g/mol. The zero-order valence-electron chi connectivity index (χ0n) is 6.36. The van der Waals surface area contributed by atoms with Crippen LogP contribution in [0.4, 0.5) is 5.69 Å². The van der Waals surface area contributed by atoms with E-state index in [1.807, 2.05) is 0 Å². The van der Waals surface area contributed by atoms with Gasteiger partial charge in [0, 0.05) is 12.5 Å². The average Bonchev–Trinajstić information content (AvgIpc) is 2.49. The first-order chi connectivity index (χ1) is 5.77. The predicted octanol–water partition coefficient (Wildman–Crippen LogP) is 1.42. The summed E-state index contributed by atoms with van der Waals surface area (Å²) in [5, 5.41) is 8.58. The fourth-order valence-corrected chi connectivity index (χ4v) is 1.27. The number of ether oxygens (including phenoxy) is 1. The third-order valence-electron chi connectivity index (χ3n) is 1.90. The van der Waals surface area contributed by atoms with Gasteiger partial charge in [-0.3, -0.25) is 0 Å². The Morgan fingerprint density at radius 2 is 2.33 bits per heavy atom. The highest BCUT2D eigenvalue weighted by Crippen LogP contribution is 2.28. The van der Waals surface area contributed by atoms with Crippen molar-refractivity contribution in [1.82, 2.24) is 0 Å². The Labute approximate surface area is 68.9 Å². The smallest absolute Gasteiger partial charge is 0.320 e. The minimum absolute atomic E-state index is 0.165. The fraction of sp³-hybridized carbons (Fsp3) is 0.250. The lowest BCUT2D eigenvalue weighted by Crippen LogP contribution is -1.91. The molecule has 0 spiro atoms. The Hall–Kier alpha value is -1.58. The second kappa shape index (κ2) is 2.48. The van der Waals surface area contributed by atoms with Gasteiger partial charge in [-0.05, 0) is 11.6 Å². The molecule has 1 aliphatic heterocycles. The van der Waals surface area contributed by atoms with Gasteiger partial charge in [0.25, 0.3) is 4.92 Å². The Kier molecular flexibility index (Phi) is 1.46. The summed E-state index contributed by atoms with van der Waals surface area (Å²) in [5.74, 6) is 0.697. The second-order valence-electron chi connectivity index (χ2n) is 2.66. The number of fused-ring (bicyclic) bond motifs is 1. The number of nitrogens with zero attached hydrogens (tertiary/aromatic N) is 1. The number of rotatable bonds is 1. The van der Waals surface area contributed by atoms with Crippen molar-refractivity contribution in [2.75, 3.05) is 6.61 Å². The molecule has 1 heterocycles. The predicted molar refractivity (Wildman–Crippen MR) is 40.7 cm³/mol. The lowest BCUT2D eigenvalue weighted by atomic mass is 10.1. The normalized spacial score (nSPS) is 13.7. The van der Waals surface area contributed by atoms with Gasteiger partial charge in [-0.15, -0.1) is 0 Å². The largest absolute Gasteiger partial charge is 0.493 e. The van der Waals surface area contributed by atoms with Crippen LogP contribution in [0, 0.1) is 4.91 Å². The van der Waals surface area contributed by atoms with Crippen molar-refractivity contribution >= 4 is 5.69 Å². The van der Waals surface area contributed by atoms with Crippen molar-refractivity contribution in [3.05, 3.63) is 28.7 Å². The molecule has 0 radical (unpaired) electrons. The molecular formula is C8H8NO3+. The quantitative estimate of drug-likeness (QED) is 0.642. The van der Waals surface area contributed by atoms with Crippen molar-refractivity contribution in [3.8, 4) is 5.75 Å². The van der Waals surface area contributed by atoms with Crippen LogP contribution in [0.3, 0.4) is 0 Å². The lowest BCUT2D eigenvalue weighted by molar-refractivity contribution is -0.729. The molecule has 0 aromatic heterocycles. The molecule has 12 heavy (non-hydrogen) atoms. The summed E-state index contributed by atoms with van der Waals surface area (Å²) in [6, 6.07) is 4.90. The molecule has 0 saturated carbocycles. The van der Waals surface area contributed by atoms with Gasteiger partial charge in [0.15, 0.2) is 0 Å². The van der Waals surface area contributed by atoms with Crippen LogP contribution in [0.25, 0.3) is 0 Å². The molecule has 0 unspecified atom stereocenters. The summed E-state index contributed by atoms with van der Waals surface area (Å²) in [5.41, 5.74) is 1.29. The first-order valence-corrected chi connectivity index (χ1v) is 3.69. The summed E-state index contributed by atoms with van der Waals surface area (Å²) in [7, 11) is 0. The molecule has 1 aliphatic rings. The molecule has 4 heteroatoms. The van der Waals surface area contributed by atoms with Crippen molar-refractivity contribution in [2.45, 2.75) is 6.42 Å². The van der Waals surface area contributed by atoms with Crippen LogP contribution in [0.5, 0.6) is 5.75 Å². The van der Waals surface area contributed by atoms with Gasteiger partial charge in [-0.25, -0.2) is 5.21 Å². The molecule has 0 aliphatic carbocycles. The highest BCUT2D eigenvalue weighted by molar-refractivity contribution is 5.45. The van der Waals surface area contributed by atoms with Gasteiger partial charge in [0.1, 0.15) is 5.75 Å². The van der Waals surface area contributed by atoms with E-state index < -0.39 is 0 Å². The van der Waals surface area contributed by atoms with E-state index in [1.54, 1.807) is 12.1 Å². The maximum atomic E-state index is 10.5. The Morgan fingerprint density at radius 1 is 1.50 bits per heavy atom. The minimum atomic E-state index is -0.165. The molecule has 0 bridgehead atoms. The van der Waals surface area contributed by atoms with E-state index in [-0.39, 0.29) is 10.6 Å². The molecule has 1 aromatic rings.